The number of hydrogen-bond acceptors (Lipinski definition) is 3. The van der Waals surface area contributed by atoms with Crippen LogP contribution in [0.25, 0.3) is 6.08 Å². The minimum atomic E-state index is 0.0944. The van der Waals surface area contributed by atoms with Crippen LogP contribution in [0.1, 0.15) is 42.6 Å². The van der Waals surface area contributed by atoms with Gasteiger partial charge in [0.25, 0.3) is 0 Å². The van der Waals surface area contributed by atoms with Crippen molar-refractivity contribution >= 4 is 23.6 Å². The van der Waals surface area contributed by atoms with Crippen molar-refractivity contribution in [3.8, 4) is 0 Å². The first-order chi connectivity index (χ1) is 11.6. The molecular formula is C19H18ClN3O. The Morgan fingerprint density at radius 1 is 1.38 bits per heavy atom. The number of halogens is 1. The molecule has 4 nitrogen and oxygen atoms in total. The van der Waals surface area contributed by atoms with Gasteiger partial charge in [0.15, 0.2) is 0 Å². The Hall–Kier alpha value is -2.20. The quantitative estimate of drug-likeness (QED) is 0.781. The largest absolute Gasteiger partial charge is 0.328 e. The van der Waals surface area contributed by atoms with E-state index >= 15 is 0 Å². The third-order valence-corrected chi connectivity index (χ3v) is 5.16. The van der Waals surface area contributed by atoms with Crippen LogP contribution in [0.2, 0.25) is 5.02 Å². The van der Waals surface area contributed by atoms with E-state index in [1.807, 2.05) is 48.4 Å². The van der Waals surface area contributed by atoms with Gasteiger partial charge in [-0.15, -0.1) is 0 Å². The maximum atomic E-state index is 13.0. The molecule has 0 aliphatic carbocycles. The van der Waals surface area contributed by atoms with Crippen molar-refractivity contribution in [1.82, 2.24) is 14.9 Å². The van der Waals surface area contributed by atoms with Gasteiger partial charge in [-0.25, -0.2) is 9.97 Å². The summed E-state index contributed by atoms with van der Waals surface area (Å²) in [5.41, 5.74) is 3.88. The number of nitrogens with zero attached hydrogens (tertiary/aromatic N) is 3. The minimum Gasteiger partial charge on any atom is -0.328 e. The molecule has 2 aliphatic heterocycles. The molecule has 2 aliphatic rings. The summed E-state index contributed by atoms with van der Waals surface area (Å²) in [4.78, 5) is 23.6. The maximum absolute atomic E-state index is 13.0. The maximum Gasteiger partial charge on any atom is 0.250 e. The van der Waals surface area contributed by atoms with Gasteiger partial charge in [-0.1, -0.05) is 23.7 Å². The zero-order valence-corrected chi connectivity index (χ0v) is 14.2. The molecule has 4 rings (SSSR count). The van der Waals surface area contributed by atoms with E-state index in [1.54, 1.807) is 6.33 Å². The van der Waals surface area contributed by atoms with Gasteiger partial charge in [-0.2, -0.15) is 0 Å². The second-order valence-electron chi connectivity index (χ2n) is 6.47. The van der Waals surface area contributed by atoms with E-state index in [4.69, 9.17) is 11.6 Å². The number of hydrogen-bond donors (Lipinski definition) is 0. The van der Waals surface area contributed by atoms with Crippen LogP contribution in [0.3, 0.4) is 0 Å². The van der Waals surface area contributed by atoms with Gasteiger partial charge in [-0.3, -0.25) is 4.79 Å². The predicted molar refractivity (Wildman–Crippen MR) is 93.4 cm³/mol. The van der Waals surface area contributed by atoms with Crippen LogP contribution >= 0.6 is 11.6 Å². The third-order valence-electron chi connectivity index (χ3n) is 4.92. The van der Waals surface area contributed by atoms with Crippen molar-refractivity contribution in [3.05, 3.63) is 64.2 Å². The fourth-order valence-electron chi connectivity index (χ4n) is 3.85. The van der Waals surface area contributed by atoms with E-state index < -0.39 is 0 Å². The second kappa shape index (κ2) is 6.02. The van der Waals surface area contributed by atoms with Gasteiger partial charge < -0.3 is 4.90 Å². The van der Waals surface area contributed by atoms with Crippen LogP contribution in [0.4, 0.5) is 0 Å². The Bertz CT molecular complexity index is 833. The zero-order valence-electron chi connectivity index (χ0n) is 13.4. The van der Waals surface area contributed by atoms with Crippen LogP contribution in [0.15, 0.2) is 42.4 Å². The SMILES string of the molecule is C/C(=C\c1cccc(Cl)c1)C(=O)N1C2CCC1c1cncnc1C2. The molecule has 1 aromatic heterocycles. The molecule has 0 saturated carbocycles. The van der Waals surface area contributed by atoms with Gasteiger partial charge in [0.2, 0.25) is 5.91 Å². The van der Waals surface area contributed by atoms with Crippen molar-refractivity contribution < 1.29 is 4.79 Å². The van der Waals surface area contributed by atoms with Crippen molar-refractivity contribution in [2.45, 2.75) is 38.3 Å². The van der Waals surface area contributed by atoms with Crippen molar-refractivity contribution in [2.75, 3.05) is 0 Å². The van der Waals surface area contributed by atoms with Crippen LogP contribution in [0.5, 0.6) is 0 Å². The molecule has 24 heavy (non-hydrogen) atoms. The fraction of sp³-hybridized carbons (Fsp3) is 0.316. The number of carbonyl (C=O) groups is 1. The molecule has 2 unspecified atom stereocenters. The van der Waals surface area contributed by atoms with E-state index in [1.165, 1.54) is 0 Å². The summed E-state index contributed by atoms with van der Waals surface area (Å²) in [5, 5.41) is 0.674. The lowest BCUT2D eigenvalue weighted by molar-refractivity contribution is -0.130. The van der Waals surface area contributed by atoms with Crippen LogP contribution in [-0.4, -0.2) is 26.8 Å². The summed E-state index contributed by atoms with van der Waals surface area (Å²) in [6, 6.07) is 7.90. The fourth-order valence-corrected chi connectivity index (χ4v) is 4.04. The highest BCUT2D eigenvalue weighted by Gasteiger charge is 2.43. The molecule has 1 aromatic carbocycles. The Kier molecular flexibility index (Phi) is 3.85. The van der Waals surface area contributed by atoms with Gasteiger partial charge >= 0.3 is 0 Å². The van der Waals surface area contributed by atoms with Crippen LogP contribution in [0, 0.1) is 0 Å². The number of carbonyl (C=O) groups excluding carboxylic acids is 1. The highest BCUT2D eigenvalue weighted by Crippen LogP contribution is 2.43. The van der Waals surface area contributed by atoms with Crippen molar-refractivity contribution in [3.63, 3.8) is 0 Å². The highest BCUT2D eigenvalue weighted by molar-refractivity contribution is 6.30. The van der Waals surface area contributed by atoms with E-state index in [-0.39, 0.29) is 18.0 Å². The molecule has 5 heteroatoms. The molecule has 0 radical (unpaired) electrons. The van der Waals surface area contributed by atoms with Crippen LogP contribution < -0.4 is 0 Å². The Balaban J connectivity index is 1.63. The van der Waals surface area contributed by atoms with E-state index in [0.717, 1.165) is 41.7 Å². The topological polar surface area (TPSA) is 46.1 Å². The number of rotatable bonds is 2. The van der Waals surface area contributed by atoms with E-state index in [2.05, 4.69) is 9.97 Å². The first-order valence-corrected chi connectivity index (χ1v) is 8.56. The molecule has 1 saturated heterocycles. The molecule has 2 atom stereocenters. The highest BCUT2D eigenvalue weighted by atomic mass is 35.5. The summed E-state index contributed by atoms with van der Waals surface area (Å²) in [6.07, 6.45) is 8.21. The summed E-state index contributed by atoms with van der Waals surface area (Å²) in [7, 11) is 0. The first-order valence-electron chi connectivity index (χ1n) is 8.19. The second-order valence-corrected chi connectivity index (χ2v) is 6.91. The first kappa shape index (κ1) is 15.3. The molecule has 1 amide bonds. The monoisotopic (exact) mass is 339 g/mol. The third kappa shape index (κ3) is 2.61. The summed E-state index contributed by atoms with van der Waals surface area (Å²) in [6.45, 7) is 1.87. The van der Waals surface area contributed by atoms with Gasteiger partial charge in [0.05, 0.1) is 11.7 Å². The van der Waals surface area contributed by atoms with Crippen molar-refractivity contribution in [1.29, 1.82) is 0 Å². The smallest absolute Gasteiger partial charge is 0.250 e. The Morgan fingerprint density at radius 3 is 3.08 bits per heavy atom. The van der Waals surface area contributed by atoms with Gasteiger partial charge in [0, 0.05) is 34.8 Å². The number of amides is 1. The number of aromatic nitrogens is 2. The van der Waals surface area contributed by atoms with Gasteiger partial charge in [-0.05, 0) is 43.5 Å². The molecule has 2 bridgehead atoms. The summed E-state index contributed by atoms with van der Waals surface area (Å²) in [5.74, 6) is 0.0944. The lowest BCUT2D eigenvalue weighted by Gasteiger charge is -2.35. The molecular weight excluding hydrogens is 322 g/mol. The van der Waals surface area contributed by atoms with Crippen molar-refractivity contribution in [2.24, 2.45) is 0 Å². The molecule has 122 valence electrons. The lowest BCUT2D eigenvalue weighted by atomic mass is 9.98. The molecule has 2 aromatic rings. The van der Waals surface area contributed by atoms with Crippen LogP contribution in [-0.2, 0) is 11.2 Å². The molecule has 3 heterocycles. The normalized spacial score (nSPS) is 22.4. The number of fused-ring (bicyclic) bond motifs is 4. The molecule has 1 fully saturated rings. The van der Waals surface area contributed by atoms with E-state index in [0.29, 0.717) is 5.02 Å². The lowest BCUT2D eigenvalue weighted by Crippen LogP contribution is -2.42. The molecule has 0 spiro atoms. The average Bonchev–Trinajstić information content (AvgIpc) is 2.89. The molecule has 0 N–H and O–H groups in total. The van der Waals surface area contributed by atoms with E-state index in [9.17, 15) is 4.79 Å². The standard InChI is InChI=1S/C19H18ClN3O/c1-12(7-13-3-2-4-14(20)8-13)19(24)23-15-5-6-18(23)16-10-21-11-22-17(16)9-15/h2-4,7-8,10-11,15,18H,5-6,9H2,1H3/b12-7+. The average molecular weight is 340 g/mol. The Morgan fingerprint density at radius 2 is 2.25 bits per heavy atom. The summed E-state index contributed by atoms with van der Waals surface area (Å²) < 4.78 is 0. The predicted octanol–water partition coefficient (Wildman–Crippen LogP) is 3.82. The zero-order chi connectivity index (χ0) is 16.7. The number of benzene rings is 1. The van der Waals surface area contributed by atoms with Gasteiger partial charge in [0.1, 0.15) is 6.33 Å². The minimum absolute atomic E-state index is 0.0944. The summed E-state index contributed by atoms with van der Waals surface area (Å²) >= 11 is 6.03. The Labute approximate surface area is 146 Å².